The fraction of sp³-hybridized carbons (Fsp3) is 0.333. The van der Waals surface area contributed by atoms with Gasteiger partial charge in [0.05, 0.1) is 12.8 Å². The SMILES string of the molecule is Cc1ccc2c(c1)C(NCc1ccco1)CC2. The van der Waals surface area contributed by atoms with Gasteiger partial charge in [-0.25, -0.2) is 0 Å². The lowest BCUT2D eigenvalue weighted by molar-refractivity contribution is 0.448. The smallest absolute Gasteiger partial charge is 0.117 e. The molecule has 1 N–H and O–H groups in total. The molecule has 2 aromatic rings. The van der Waals surface area contributed by atoms with E-state index in [0.717, 1.165) is 12.3 Å². The summed E-state index contributed by atoms with van der Waals surface area (Å²) in [5, 5.41) is 3.57. The number of benzene rings is 1. The maximum Gasteiger partial charge on any atom is 0.117 e. The molecule has 1 aliphatic rings. The lowest BCUT2D eigenvalue weighted by Crippen LogP contribution is -2.18. The molecule has 0 fully saturated rings. The first-order chi connectivity index (χ1) is 8.33. The summed E-state index contributed by atoms with van der Waals surface area (Å²) in [7, 11) is 0. The molecule has 0 saturated carbocycles. The Morgan fingerprint density at radius 3 is 3.12 bits per heavy atom. The van der Waals surface area contributed by atoms with Crippen LogP contribution >= 0.6 is 0 Å². The lowest BCUT2D eigenvalue weighted by Gasteiger charge is -2.13. The Labute approximate surface area is 102 Å². The number of hydrogen-bond acceptors (Lipinski definition) is 2. The summed E-state index contributed by atoms with van der Waals surface area (Å²) in [4.78, 5) is 0. The van der Waals surface area contributed by atoms with Crippen molar-refractivity contribution in [3.05, 3.63) is 59.0 Å². The molecular formula is C15H17NO. The van der Waals surface area contributed by atoms with Crippen molar-refractivity contribution in [1.82, 2.24) is 5.32 Å². The van der Waals surface area contributed by atoms with E-state index in [1.165, 1.54) is 29.5 Å². The molecule has 0 radical (unpaired) electrons. The van der Waals surface area contributed by atoms with Gasteiger partial charge in [-0.3, -0.25) is 0 Å². The zero-order chi connectivity index (χ0) is 11.7. The summed E-state index contributed by atoms with van der Waals surface area (Å²) in [5.74, 6) is 1.01. The Morgan fingerprint density at radius 1 is 1.35 bits per heavy atom. The van der Waals surface area contributed by atoms with Gasteiger partial charge in [-0.1, -0.05) is 23.8 Å². The van der Waals surface area contributed by atoms with Crippen LogP contribution in [-0.2, 0) is 13.0 Å². The minimum absolute atomic E-state index is 0.481. The van der Waals surface area contributed by atoms with Gasteiger partial charge in [0.1, 0.15) is 5.76 Å². The first-order valence-electron chi connectivity index (χ1n) is 6.18. The van der Waals surface area contributed by atoms with Crippen molar-refractivity contribution >= 4 is 0 Å². The average Bonchev–Trinajstić information content (AvgIpc) is 2.94. The van der Waals surface area contributed by atoms with Crippen molar-refractivity contribution in [3.8, 4) is 0 Å². The number of hydrogen-bond donors (Lipinski definition) is 1. The van der Waals surface area contributed by atoms with Crippen LogP contribution in [-0.4, -0.2) is 0 Å². The molecule has 1 aromatic heterocycles. The lowest BCUT2D eigenvalue weighted by atomic mass is 10.1. The molecule has 17 heavy (non-hydrogen) atoms. The van der Waals surface area contributed by atoms with Gasteiger partial charge in [-0.15, -0.1) is 0 Å². The van der Waals surface area contributed by atoms with Crippen LogP contribution in [0.2, 0.25) is 0 Å². The summed E-state index contributed by atoms with van der Waals surface area (Å²) >= 11 is 0. The molecule has 0 saturated heterocycles. The third-order valence-corrected chi connectivity index (χ3v) is 3.48. The molecule has 1 atom stereocenters. The first-order valence-corrected chi connectivity index (χ1v) is 6.18. The molecule has 0 bridgehead atoms. The van der Waals surface area contributed by atoms with Gasteiger partial charge in [0.25, 0.3) is 0 Å². The van der Waals surface area contributed by atoms with Crippen molar-refractivity contribution < 1.29 is 4.42 Å². The standard InChI is InChI=1S/C15H17NO/c1-11-4-5-12-6-7-15(14(12)9-11)16-10-13-3-2-8-17-13/h2-5,8-9,15-16H,6-7,10H2,1H3. The molecular weight excluding hydrogens is 210 g/mol. The van der Waals surface area contributed by atoms with E-state index < -0.39 is 0 Å². The molecule has 88 valence electrons. The highest BCUT2D eigenvalue weighted by Crippen LogP contribution is 2.31. The second-order valence-corrected chi connectivity index (χ2v) is 4.75. The fourth-order valence-corrected chi connectivity index (χ4v) is 2.57. The highest BCUT2D eigenvalue weighted by molar-refractivity contribution is 5.37. The van der Waals surface area contributed by atoms with Crippen LogP contribution in [0.1, 0.15) is 34.9 Å². The normalized spacial score (nSPS) is 18.3. The minimum Gasteiger partial charge on any atom is -0.468 e. The predicted octanol–water partition coefficient (Wildman–Crippen LogP) is 3.37. The molecule has 1 unspecified atom stereocenters. The highest BCUT2D eigenvalue weighted by Gasteiger charge is 2.21. The van der Waals surface area contributed by atoms with E-state index in [2.05, 4.69) is 30.4 Å². The van der Waals surface area contributed by atoms with Crippen molar-refractivity contribution in [2.75, 3.05) is 0 Å². The van der Waals surface area contributed by atoms with Crippen LogP contribution in [0.15, 0.2) is 41.0 Å². The highest BCUT2D eigenvalue weighted by atomic mass is 16.3. The van der Waals surface area contributed by atoms with E-state index in [1.54, 1.807) is 6.26 Å². The number of nitrogens with one attached hydrogen (secondary N) is 1. The Balaban J connectivity index is 1.73. The molecule has 2 nitrogen and oxygen atoms in total. The van der Waals surface area contributed by atoms with E-state index >= 15 is 0 Å². The van der Waals surface area contributed by atoms with E-state index in [-0.39, 0.29) is 0 Å². The van der Waals surface area contributed by atoms with Crippen molar-refractivity contribution in [3.63, 3.8) is 0 Å². The summed E-state index contributed by atoms with van der Waals surface area (Å²) in [6.07, 6.45) is 4.11. The molecule has 1 aliphatic carbocycles. The van der Waals surface area contributed by atoms with Gasteiger partial charge >= 0.3 is 0 Å². The van der Waals surface area contributed by atoms with Crippen molar-refractivity contribution in [1.29, 1.82) is 0 Å². The summed E-state index contributed by atoms with van der Waals surface area (Å²) < 4.78 is 5.34. The average molecular weight is 227 g/mol. The van der Waals surface area contributed by atoms with Crippen LogP contribution in [0.4, 0.5) is 0 Å². The van der Waals surface area contributed by atoms with E-state index in [0.29, 0.717) is 6.04 Å². The minimum atomic E-state index is 0.481. The second-order valence-electron chi connectivity index (χ2n) is 4.75. The number of aryl methyl sites for hydroxylation is 2. The van der Waals surface area contributed by atoms with Crippen LogP contribution in [0.25, 0.3) is 0 Å². The molecule has 2 heteroatoms. The van der Waals surface area contributed by atoms with E-state index in [9.17, 15) is 0 Å². The summed E-state index contributed by atoms with van der Waals surface area (Å²) in [6, 6.07) is 11.2. The number of rotatable bonds is 3. The zero-order valence-corrected chi connectivity index (χ0v) is 10.1. The van der Waals surface area contributed by atoms with Crippen LogP contribution < -0.4 is 5.32 Å². The zero-order valence-electron chi connectivity index (χ0n) is 10.1. The summed E-state index contributed by atoms with van der Waals surface area (Å²) in [6.45, 7) is 2.97. The quantitative estimate of drug-likeness (QED) is 0.869. The largest absolute Gasteiger partial charge is 0.468 e. The van der Waals surface area contributed by atoms with Crippen molar-refractivity contribution in [2.24, 2.45) is 0 Å². The molecule has 3 rings (SSSR count). The summed E-state index contributed by atoms with van der Waals surface area (Å²) in [5.41, 5.74) is 4.31. The third-order valence-electron chi connectivity index (χ3n) is 3.48. The molecule has 1 heterocycles. The Bertz CT molecular complexity index is 502. The van der Waals surface area contributed by atoms with Crippen molar-refractivity contribution in [2.45, 2.75) is 32.4 Å². The third kappa shape index (κ3) is 2.13. The Morgan fingerprint density at radius 2 is 2.29 bits per heavy atom. The maximum absolute atomic E-state index is 5.34. The van der Waals surface area contributed by atoms with E-state index in [4.69, 9.17) is 4.42 Å². The monoisotopic (exact) mass is 227 g/mol. The van der Waals surface area contributed by atoms with Crippen LogP contribution in [0.5, 0.6) is 0 Å². The van der Waals surface area contributed by atoms with Gasteiger partial charge in [0, 0.05) is 6.04 Å². The molecule has 1 aromatic carbocycles. The molecule has 0 amide bonds. The fourth-order valence-electron chi connectivity index (χ4n) is 2.57. The maximum atomic E-state index is 5.34. The second kappa shape index (κ2) is 4.38. The number of fused-ring (bicyclic) bond motifs is 1. The Hall–Kier alpha value is -1.54. The van der Waals surface area contributed by atoms with Gasteiger partial charge < -0.3 is 9.73 Å². The van der Waals surface area contributed by atoms with Gasteiger partial charge in [-0.2, -0.15) is 0 Å². The van der Waals surface area contributed by atoms with Gasteiger partial charge in [0.15, 0.2) is 0 Å². The Kier molecular flexibility index (Phi) is 2.73. The van der Waals surface area contributed by atoms with Gasteiger partial charge in [0.2, 0.25) is 0 Å². The van der Waals surface area contributed by atoms with E-state index in [1.807, 2.05) is 12.1 Å². The molecule has 0 spiro atoms. The number of furan rings is 1. The topological polar surface area (TPSA) is 25.2 Å². The van der Waals surface area contributed by atoms with Crippen LogP contribution in [0.3, 0.4) is 0 Å². The first kappa shape index (κ1) is 10.6. The molecule has 0 aliphatic heterocycles. The predicted molar refractivity (Wildman–Crippen MR) is 67.8 cm³/mol. The van der Waals surface area contributed by atoms with Crippen LogP contribution in [0, 0.1) is 6.92 Å². The van der Waals surface area contributed by atoms with Gasteiger partial charge in [-0.05, 0) is 43.0 Å².